The van der Waals surface area contributed by atoms with Crippen LogP contribution >= 0.6 is 0 Å². The van der Waals surface area contributed by atoms with Crippen LogP contribution in [0.1, 0.15) is 91.8 Å². The number of ketones is 2. The topological polar surface area (TPSA) is 270 Å². The van der Waals surface area contributed by atoms with Gasteiger partial charge in [0.2, 0.25) is 17.6 Å². The summed E-state index contributed by atoms with van der Waals surface area (Å²) in [6, 6.07) is 0. The second-order valence-electron chi connectivity index (χ2n) is 12.6. The molecule has 0 saturated carbocycles. The number of Topliss-reactive ketones (excluding diaryl/α,β-unsaturated/α-hetero) is 2. The van der Waals surface area contributed by atoms with Crippen LogP contribution in [0, 0.1) is 0 Å². The number of nitrogens with one attached hydrogen (secondary N) is 2. The number of hydrogen-bond donors (Lipinski definition) is 3. The molecule has 340 valence electrons. The van der Waals surface area contributed by atoms with Gasteiger partial charge >= 0.3 is 24.1 Å². The average molecular weight is 854 g/mol. The third kappa shape index (κ3) is 28.2. The number of oxime groups is 2. The Balaban J connectivity index is -0.000000795. The molecular weight excluding hydrogens is 778 g/mol. The third-order valence-electron chi connectivity index (χ3n) is 5.97. The second kappa shape index (κ2) is 29.3. The highest BCUT2D eigenvalue weighted by atomic mass is 16.6. The van der Waals surface area contributed by atoms with E-state index in [1.54, 1.807) is 81.3 Å². The molecule has 59 heavy (non-hydrogen) atoms. The fourth-order valence-electron chi connectivity index (χ4n) is 3.80. The van der Waals surface area contributed by atoms with Crippen LogP contribution in [-0.4, -0.2) is 171 Å². The van der Waals surface area contributed by atoms with E-state index in [0.717, 1.165) is 4.90 Å². The fourth-order valence-corrected chi connectivity index (χ4v) is 3.80. The number of ether oxygens (including phenoxy) is 4. The van der Waals surface area contributed by atoms with Crippen molar-refractivity contribution in [3.8, 4) is 0 Å². The molecule has 0 spiro atoms. The molecule has 23 nitrogen and oxygen atoms in total. The number of cyclic esters (lactones) is 2. The lowest BCUT2D eigenvalue weighted by Gasteiger charge is -2.19. The quantitative estimate of drug-likeness (QED) is 0.0931. The molecule has 4 N–H and O–H groups in total. The number of carbonyl (C=O) groups is 6. The number of esters is 2. The van der Waals surface area contributed by atoms with E-state index in [1.165, 1.54) is 18.7 Å². The standard InChI is InChI=1S/2C10H19N3O4.C8H14N2O2.C7H13N3O2.CH4/c2*1-5-16-10(15)11-9(12-17-6-2)13(4)7-8(3)14;1-6-9-8(2,3)12-7(11)5-10(6)4;1-7(2)9-6(8)10(3)4-5(11)12-7;/h2*5-7H2,1-4H3,(H,11,12,15);5H2,1-4H3;4H2,1-3H3,(H2,8,9);1H4/i4D3;;4D3;;. The van der Waals surface area contributed by atoms with Crippen molar-refractivity contribution < 1.29 is 65.6 Å². The zero-order valence-electron chi connectivity index (χ0n) is 41.7. The summed E-state index contributed by atoms with van der Waals surface area (Å²) in [5.41, 5.74) is 3.72. The first-order valence-corrected chi connectivity index (χ1v) is 17.8. The average Bonchev–Trinajstić information content (AvgIpc) is 3.29. The number of aliphatic imine (C=N–C) groups is 2. The zero-order valence-corrected chi connectivity index (χ0v) is 35.7. The van der Waals surface area contributed by atoms with Crippen LogP contribution in [0.4, 0.5) is 9.59 Å². The molecule has 0 aromatic heterocycles. The maximum absolute atomic E-state index is 11.4. The molecule has 0 fully saturated rings. The van der Waals surface area contributed by atoms with E-state index in [2.05, 4.69) is 35.7 Å². The van der Waals surface area contributed by atoms with Gasteiger partial charge in [-0.2, -0.15) is 0 Å². The van der Waals surface area contributed by atoms with E-state index in [9.17, 15) is 28.8 Å². The maximum Gasteiger partial charge on any atom is 0.414 e. The Morgan fingerprint density at radius 3 is 1.59 bits per heavy atom. The number of amides is 2. The van der Waals surface area contributed by atoms with Gasteiger partial charge in [-0.3, -0.25) is 29.8 Å². The molecule has 2 heterocycles. The van der Waals surface area contributed by atoms with Gasteiger partial charge in [0.25, 0.3) is 0 Å². The number of likely N-dealkylation sites (N-methyl/N-ethyl adjacent to an activating group) is 4. The van der Waals surface area contributed by atoms with Crippen LogP contribution in [-0.2, 0) is 47.8 Å². The molecule has 2 aliphatic heterocycles. The summed E-state index contributed by atoms with van der Waals surface area (Å²) in [6.07, 6.45) is -1.52. The summed E-state index contributed by atoms with van der Waals surface area (Å²) in [4.78, 5) is 89.4. The summed E-state index contributed by atoms with van der Waals surface area (Å²) in [5, 5.41) is 11.7. The van der Waals surface area contributed by atoms with Crippen molar-refractivity contribution in [2.75, 3.05) is 80.7 Å². The Bertz CT molecular complexity index is 1690. The van der Waals surface area contributed by atoms with Gasteiger partial charge in [0.05, 0.1) is 26.3 Å². The van der Waals surface area contributed by atoms with E-state index in [0.29, 0.717) is 17.5 Å². The van der Waals surface area contributed by atoms with E-state index >= 15 is 0 Å². The van der Waals surface area contributed by atoms with E-state index in [1.807, 2.05) is 0 Å². The summed E-state index contributed by atoms with van der Waals surface area (Å²) in [7, 11) is 3.31. The molecule has 0 radical (unpaired) electrons. The Morgan fingerprint density at radius 2 is 1.20 bits per heavy atom. The minimum absolute atomic E-state index is 0. The molecule has 2 aliphatic rings. The van der Waals surface area contributed by atoms with Crippen LogP contribution in [0.15, 0.2) is 20.3 Å². The normalized spacial score (nSPS) is 17.4. The summed E-state index contributed by atoms with van der Waals surface area (Å²) < 4.78 is 63.2. The highest BCUT2D eigenvalue weighted by Gasteiger charge is 2.28. The lowest BCUT2D eigenvalue weighted by molar-refractivity contribution is -0.155. The number of alkyl carbamates (subject to hydrolysis) is 2. The Kier molecular flexibility index (Phi) is 22.8. The van der Waals surface area contributed by atoms with Gasteiger partial charge in [0, 0.05) is 36.3 Å². The molecule has 0 aromatic carbocycles. The number of nitrogens with two attached hydrogens (primary N) is 1. The van der Waals surface area contributed by atoms with Crippen LogP contribution in [0.3, 0.4) is 0 Å². The lowest BCUT2D eigenvalue weighted by Crippen LogP contribution is -2.44. The van der Waals surface area contributed by atoms with Gasteiger partial charge in [-0.15, -0.1) is 0 Å². The smallest absolute Gasteiger partial charge is 0.414 e. The Morgan fingerprint density at radius 1 is 0.797 bits per heavy atom. The fraction of sp³-hybridized carbons (Fsp3) is 0.722. The van der Waals surface area contributed by atoms with Crippen LogP contribution < -0.4 is 16.4 Å². The molecule has 0 atom stereocenters. The lowest BCUT2D eigenvalue weighted by atomic mass is 10.3. The molecule has 0 unspecified atom stereocenters. The first-order valence-electron chi connectivity index (χ1n) is 20.8. The Hall–Kier alpha value is -5.90. The molecule has 0 aliphatic carbocycles. The van der Waals surface area contributed by atoms with Gasteiger partial charge in [-0.1, -0.05) is 7.43 Å². The van der Waals surface area contributed by atoms with Crippen LogP contribution in [0.25, 0.3) is 0 Å². The largest absolute Gasteiger partial charge is 0.450 e. The summed E-state index contributed by atoms with van der Waals surface area (Å²) >= 11 is 0. The molecular formula is C36H69N11O12. The molecule has 0 saturated heterocycles. The van der Waals surface area contributed by atoms with Gasteiger partial charge in [-0.05, 0) is 86.5 Å². The van der Waals surface area contributed by atoms with Gasteiger partial charge in [-0.25, -0.2) is 19.6 Å². The highest BCUT2D eigenvalue weighted by molar-refractivity contribution is 5.96. The van der Waals surface area contributed by atoms with E-state index in [4.69, 9.17) is 37.8 Å². The molecule has 0 bridgehead atoms. The number of hydrogen-bond acceptors (Lipinski definition) is 19. The van der Waals surface area contributed by atoms with Crippen molar-refractivity contribution in [1.29, 1.82) is 0 Å². The van der Waals surface area contributed by atoms with Crippen molar-refractivity contribution in [3.63, 3.8) is 0 Å². The minimum atomic E-state index is -2.67. The van der Waals surface area contributed by atoms with Crippen LogP contribution in [0.5, 0.6) is 0 Å². The molecule has 23 heteroatoms. The summed E-state index contributed by atoms with van der Waals surface area (Å²) in [5.74, 6) is -1.01. The van der Waals surface area contributed by atoms with Gasteiger partial charge in [0.1, 0.15) is 43.7 Å². The molecule has 0 aromatic rings. The highest BCUT2D eigenvalue weighted by Crippen LogP contribution is 2.16. The number of carbonyl (C=O) groups excluding carboxylic acids is 6. The summed E-state index contributed by atoms with van der Waals surface area (Å²) in [6.45, 7) is 12.9. The number of rotatable bonds is 10. The van der Waals surface area contributed by atoms with Crippen molar-refractivity contribution >= 4 is 59.4 Å². The van der Waals surface area contributed by atoms with Crippen LogP contribution in [0.2, 0.25) is 0 Å². The van der Waals surface area contributed by atoms with Crippen molar-refractivity contribution in [2.45, 2.75) is 95.0 Å². The van der Waals surface area contributed by atoms with E-state index in [-0.39, 0.29) is 70.4 Å². The molecule has 2 amide bonds. The number of guanidine groups is 3. The first kappa shape index (κ1) is 45.8. The number of amidine groups is 1. The zero-order chi connectivity index (χ0) is 50.2. The number of nitrogens with zero attached hydrogens (tertiary/aromatic N) is 8. The monoisotopic (exact) mass is 854 g/mol. The molecule has 2 rings (SSSR count). The second-order valence-corrected chi connectivity index (χ2v) is 12.6. The van der Waals surface area contributed by atoms with Gasteiger partial charge < -0.3 is 54.0 Å². The first-order chi connectivity index (χ1) is 29.2. The Labute approximate surface area is 357 Å². The predicted octanol–water partition coefficient (Wildman–Crippen LogP) is 1.91. The third-order valence-corrected chi connectivity index (χ3v) is 5.97. The van der Waals surface area contributed by atoms with Crippen molar-refractivity contribution in [3.05, 3.63) is 0 Å². The van der Waals surface area contributed by atoms with Gasteiger partial charge in [0.15, 0.2) is 11.7 Å². The van der Waals surface area contributed by atoms with E-state index < -0.39 is 61.8 Å². The van der Waals surface area contributed by atoms with Crippen molar-refractivity contribution in [1.82, 2.24) is 30.2 Å². The van der Waals surface area contributed by atoms with Crippen molar-refractivity contribution in [2.24, 2.45) is 26.0 Å². The predicted molar refractivity (Wildman–Crippen MR) is 222 cm³/mol. The minimum Gasteiger partial charge on any atom is -0.450 e. The SMILES string of the molecule is C.CCO/N=C(\NC(=O)OCC)N(C)CC(C)=O.CN1CC(=O)OC(C)(C)N=C1N.[2H]C([2H])([2H])N(CC(C)=O)/C(=N/OCC)NC(=O)OCC.[2H]C([2H])([2H])N1CC(=O)OC(C)(C)N=C1C. The maximum atomic E-state index is 11.4.